The van der Waals surface area contributed by atoms with Gasteiger partial charge in [-0.15, -0.1) is 0 Å². The largest absolute Gasteiger partial charge is 0.480 e. The Morgan fingerprint density at radius 3 is 2.32 bits per heavy atom. The van der Waals surface area contributed by atoms with Gasteiger partial charge in [-0.2, -0.15) is 13.2 Å². The number of halogens is 3. The number of methoxy groups -OCH3 is 1. The van der Waals surface area contributed by atoms with Crippen LogP contribution in [0.2, 0.25) is 0 Å². The Kier molecular flexibility index (Phi) is 3.34. The quantitative estimate of drug-likeness (QED) is 0.833. The molecule has 1 aromatic carbocycles. The summed E-state index contributed by atoms with van der Waals surface area (Å²) < 4.78 is 43.0. The molecule has 1 heterocycles. The summed E-state index contributed by atoms with van der Waals surface area (Å²) in [7, 11) is 1.43. The number of hydrogen-bond donors (Lipinski definition) is 0. The molecule has 0 aliphatic heterocycles. The highest BCUT2D eigenvalue weighted by molar-refractivity contribution is 5.76. The minimum atomic E-state index is -4.39. The molecule has 2 aromatic rings. The van der Waals surface area contributed by atoms with Crippen molar-refractivity contribution in [1.82, 2.24) is 9.97 Å². The van der Waals surface area contributed by atoms with Crippen molar-refractivity contribution in [3.8, 4) is 5.88 Å². The first-order valence-electron chi connectivity index (χ1n) is 5.76. The van der Waals surface area contributed by atoms with E-state index in [0.717, 1.165) is 12.1 Å². The van der Waals surface area contributed by atoms with Crippen LogP contribution in [0.25, 0.3) is 11.0 Å². The number of aromatic nitrogens is 2. The summed E-state index contributed by atoms with van der Waals surface area (Å²) >= 11 is 0. The van der Waals surface area contributed by atoms with E-state index < -0.39 is 11.7 Å². The van der Waals surface area contributed by atoms with E-state index in [1.54, 1.807) is 0 Å². The Morgan fingerprint density at radius 2 is 1.79 bits per heavy atom. The SMILES string of the molecule is COc1nc2cc(C(F)(F)F)ccc2nc1C(C)C. The summed E-state index contributed by atoms with van der Waals surface area (Å²) in [5, 5.41) is 0. The van der Waals surface area contributed by atoms with Crippen LogP contribution in [-0.4, -0.2) is 17.1 Å². The van der Waals surface area contributed by atoms with Crippen LogP contribution in [0.15, 0.2) is 18.2 Å². The number of nitrogens with zero attached hydrogens (tertiary/aromatic N) is 2. The van der Waals surface area contributed by atoms with Crippen LogP contribution in [0.3, 0.4) is 0 Å². The van der Waals surface area contributed by atoms with Crippen molar-refractivity contribution in [2.75, 3.05) is 7.11 Å². The van der Waals surface area contributed by atoms with Gasteiger partial charge >= 0.3 is 6.18 Å². The summed E-state index contributed by atoms with van der Waals surface area (Å²) in [6.45, 7) is 3.84. The third-order valence-corrected chi connectivity index (χ3v) is 2.72. The van der Waals surface area contributed by atoms with Crippen molar-refractivity contribution in [3.05, 3.63) is 29.5 Å². The molecule has 0 fully saturated rings. The van der Waals surface area contributed by atoms with Gasteiger partial charge in [-0.3, -0.25) is 0 Å². The highest BCUT2D eigenvalue weighted by Gasteiger charge is 2.30. The Hall–Kier alpha value is -1.85. The van der Waals surface area contributed by atoms with Gasteiger partial charge in [0.2, 0.25) is 5.88 Å². The van der Waals surface area contributed by atoms with Crippen molar-refractivity contribution in [3.63, 3.8) is 0 Å². The van der Waals surface area contributed by atoms with E-state index in [-0.39, 0.29) is 17.3 Å². The molecule has 0 saturated carbocycles. The molecule has 0 amide bonds. The Labute approximate surface area is 108 Å². The van der Waals surface area contributed by atoms with Crippen molar-refractivity contribution >= 4 is 11.0 Å². The number of alkyl halides is 3. The topological polar surface area (TPSA) is 35.0 Å². The van der Waals surface area contributed by atoms with E-state index >= 15 is 0 Å². The molecule has 3 nitrogen and oxygen atoms in total. The van der Waals surface area contributed by atoms with Gasteiger partial charge in [0.1, 0.15) is 5.69 Å². The highest BCUT2D eigenvalue weighted by Crippen LogP contribution is 2.32. The number of fused-ring (bicyclic) bond motifs is 1. The minimum absolute atomic E-state index is 0.0779. The fourth-order valence-corrected chi connectivity index (χ4v) is 1.75. The molecule has 0 bridgehead atoms. The van der Waals surface area contributed by atoms with Gasteiger partial charge in [-0.25, -0.2) is 9.97 Å². The lowest BCUT2D eigenvalue weighted by atomic mass is 10.1. The van der Waals surface area contributed by atoms with E-state index in [2.05, 4.69) is 9.97 Å². The summed E-state index contributed by atoms with van der Waals surface area (Å²) in [4.78, 5) is 8.42. The summed E-state index contributed by atoms with van der Waals surface area (Å²) in [6, 6.07) is 3.32. The zero-order chi connectivity index (χ0) is 14.2. The van der Waals surface area contributed by atoms with E-state index in [9.17, 15) is 13.2 Å². The first-order chi connectivity index (χ1) is 8.82. The Balaban J connectivity index is 2.65. The molecular formula is C13H13F3N2O. The van der Waals surface area contributed by atoms with Gasteiger partial charge in [0, 0.05) is 5.92 Å². The monoisotopic (exact) mass is 270 g/mol. The number of hydrogen-bond acceptors (Lipinski definition) is 3. The maximum Gasteiger partial charge on any atom is 0.416 e. The smallest absolute Gasteiger partial charge is 0.416 e. The van der Waals surface area contributed by atoms with Crippen LogP contribution in [0.1, 0.15) is 31.0 Å². The molecule has 0 aliphatic carbocycles. The lowest BCUT2D eigenvalue weighted by molar-refractivity contribution is -0.137. The average molecular weight is 270 g/mol. The van der Waals surface area contributed by atoms with E-state index in [4.69, 9.17) is 4.74 Å². The van der Waals surface area contributed by atoms with E-state index in [0.29, 0.717) is 11.2 Å². The van der Waals surface area contributed by atoms with Gasteiger partial charge in [-0.05, 0) is 18.2 Å². The molecule has 0 N–H and O–H groups in total. The van der Waals surface area contributed by atoms with Gasteiger partial charge < -0.3 is 4.74 Å². The molecule has 19 heavy (non-hydrogen) atoms. The number of benzene rings is 1. The molecule has 0 atom stereocenters. The minimum Gasteiger partial charge on any atom is -0.480 e. The van der Waals surface area contributed by atoms with Crippen LogP contribution < -0.4 is 4.74 Å². The van der Waals surface area contributed by atoms with Gasteiger partial charge in [0.25, 0.3) is 0 Å². The molecule has 0 spiro atoms. The van der Waals surface area contributed by atoms with Crippen LogP contribution in [0.5, 0.6) is 5.88 Å². The third kappa shape index (κ3) is 2.62. The predicted molar refractivity (Wildman–Crippen MR) is 65.2 cm³/mol. The number of ether oxygens (including phenoxy) is 1. The molecule has 2 rings (SSSR count). The van der Waals surface area contributed by atoms with Crippen LogP contribution in [-0.2, 0) is 6.18 Å². The van der Waals surface area contributed by atoms with E-state index in [1.165, 1.54) is 13.2 Å². The second-order valence-electron chi connectivity index (χ2n) is 4.47. The van der Waals surface area contributed by atoms with Gasteiger partial charge in [0.05, 0.1) is 23.7 Å². The summed E-state index contributed by atoms with van der Waals surface area (Å²) in [5.41, 5.74) is 0.497. The number of rotatable bonds is 2. The zero-order valence-corrected chi connectivity index (χ0v) is 10.7. The van der Waals surface area contributed by atoms with Crippen LogP contribution in [0.4, 0.5) is 13.2 Å². The second kappa shape index (κ2) is 4.68. The normalized spacial score (nSPS) is 12.2. The average Bonchev–Trinajstić information content (AvgIpc) is 2.35. The lowest BCUT2D eigenvalue weighted by Crippen LogP contribution is -2.06. The Morgan fingerprint density at radius 1 is 1.11 bits per heavy atom. The molecule has 102 valence electrons. The molecule has 1 aromatic heterocycles. The molecule has 0 unspecified atom stereocenters. The summed E-state index contributed by atoms with van der Waals surface area (Å²) in [5.74, 6) is 0.343. The molecule has 6 heteroatoms. The van der Waals surface area contributed by atoms with Gasteiger partial charge in [-0.1, -0.05) is 13.8 Å². The maximum atomic E-state index is 12.6. The molecule has 0 saturated heterocycles. The molecular weight excluding hydrogens is 257 g/mol. The fraction of sp³-hybridized carbons (Fsp3) is 0.385. The van der Waals surface area contributed by atoms with E-state index in [1.807, 2.05) is 13.8 Å². The fourth-order valence-electron chi connectivity index (χ4n) is 1.75. The zero-order valence-electron chi connectivity index (χ0n) is 10.7. The first kappa shape index (κ1) is 13.6. The molecule has 0 radical (unpaired) electrons. The third-order valence-electron chi connectivity index (χ3n) is 2.72. The first-order valence-corrected chi connectivity index (χ1v) is 5.76. The second-order valence-corrected chi connectivity index (χ2v) is 4.47. The van der Waals surface area contributed by atoms with Gasteiger partial charge in [0.15, 0.2) is 0 Å². The van der Waals surface area contributed by atoms with Crippen molar-refractivity contribution in [2.24, 2.45) is 0 Å². The Bertz CT molecular complexity index is 609. The van der Waals surface area contributed by atoms with Crippen LogP contribution in [0, 0.1) is 0 Å². The summed E-state index contributed by atoms with van der Waals surface area (Å²) in [6.07, 6.45) is -4.39. The van der Waals surface area contributed by atoms with Crippen molar-refractivity contribution in [1.29, 1.82) is 0 Å². The maximum absolute atomic E-state index is 12.6. The molecule has 0 aliphatic rings. The van der Waals surface area contributed by atoms with Crippen LogP contribution >= 0.6 is 0 Å². The highest BCUT2D eigenvalue weighted by atomic mass is 19.4. The van der Waals surface area contributed by atoms with Crippen molar-refractivity contribution in [2.45, 2.75) is 25.9 Å². The predicted octanol–water partition coefficient (Wildman–Crippen LogP) is 3.78. The van der Waals surface area contributed by atoms with Crippen molar-refractivity contribution < 1.29 is 17.9 Å². The lowest BCUT2D eigenvalue weighted by Gasteiger charge is -2.12. The standard InChI is InChI=1S/C13H13F3N2O/c1-7(2)11-12(19-3)18-10-6-8(13(14,15)16)4-5-9(10)17-11/h4-7H,1-3H3.